The maximum absolute atomic E-state index is 6.21. The number of methoxy groups -OCH3 is 1. The van der Waals surface area contributed by atoms with E-state index in [1.54, 1.807) is 7.11 Å². The summed E-state index contributed by atoms with van der Waals surface area (Å²) < 4.78 is 7.99. The summed E-state index contributed by atoms with van der Waals surface area (Å²) in [6.45, 7) is 2.04. The Bertz CT molecular complexity index is 851. The van der Waals surface area contributed by atoms with Gasteiger partial charge >= 0.3 is 0 Å². The molecule has 0 saturated heterocycles. The van der Waals surface area contributed by atoms with Crippen molar-refractivity contribution in [3.8, 4) is 11.4 Å². The third-order valence-corrected chi connectivity index (χ3v) is 3.84. The lowest BCUT2D eigenvalue weighted by atomic mass is 10.2. The van der Waals surface area contributed by atoms with E-state index in [1.165, 1.54) is 0 Å². The van der Waals surface area contributed by atoms with Crippen LogP contribution in [0.2, 0.25) is 5.02 Å². The smallest absolute Gasteiger partial charge is 0.182 e. The van der Waals surface area contributed by atoms with Gasteiger partial charge in [0.1, 0.15) is 5.75 Å². The van der Waals surface area contributed by atoms with Crippen LogP contribution in [-0.2, 0) is 0 Å². The molecule has 0 aliphatic heterocycles. The van der Waals surface area contributed by atoms with Crippen molar-refractivity contribution in [1.29, 1.82) is 0 Å². The van der Waals surface area contributed by atoms with Crippen molar-refractivity contribution in [2.75, 3.05) is 7.11 Å². The van der Waals surface area contributed by atoms with Crippen LogP contribution in [0, 0.1) is 11.7 Å². The first-order valence-electron chi connectivity index (χ1n) is 6.16. The molecule has 102 valence electrons. The topological polar surface area (TPSA) is 29.9 Å². The molecular formula is C15H13ClN2OS. The number of aromatic amines is 1. The molecule has 5 heteroatoms. The van der Waals surface area contributed by atoms with Gasteiger partial charge in [-0.15, -0.1) is 0 Å². The number of aryl methyl sites for hydroxylation is 1. The van der Waals surface area contributed by atoms with E-state index < -0.39 is 0 Å². The van der Waals surface area contributed by atoms with Crippen LogP contribution in [0.15, 0.2) is 36.4 Å². The Morgan fingerprint density at radius 1 is 1.25 bits per heavy atom. The maximum Gasteiger partial charge on any atom is 0.182 e. The zero-order valence-electron chi connectivity index (χ0n) is 11.1. The molecule has 0 unspecified atom stereocenters. The number of rotatable bonds is 2. The van der Waals surface area contributed by atoms with Gasteiger partial charge in [-0.25, -0.2) is 0 Å². The molecule has 3 nitrogen and oxygen atoms in total. The van der Waals surface area contributed by atoms with E-state index in [-0.39, 0.29) is 0 Å². The van der Waals surface area contributed by atoms with Crippen molar-refractivity contribution in [3.05, 3.63) is 51.8 Å². The molecule has 1 heterocycles. The lowest BCUT2D eigenvalue weighted by molar-refractivity contribution is 0.413. The zero-order valence-corrected chi connectivity index (χ0v) is 12.7. The number of aromatic nitrogens is 2. The fourth-order valence-corrected chi connectivity index (χ4v) is 2.82. The Hall–Kier alpha value is -1.78. The SMILES string of the molecule is COc1ccc(C)cc1-n1c(=S)[nH]c2c(Cl)cccc21. The van der Waals surface area contributed by atoms with E-state index in [1.807, 2.05) is 47.9 Å². The van der Waals surface area contributed by atoms with Crippen LogP contribution in [0.3, 0.4) is 0 Å². The molecule has 0 radical (unpaired) electrons. The summed E-state index contributed by atoms with van der Waals surface area (Å²) in [4.78, 5) is 3.15. The fraction of sp³-hybridized carbons (Fsp3) is 0.133. The number of hydrogen-bond donors (Lipinski definition) is 1. The lowest BCUT2D eigenvalue weighted by Crippen LogP contribution is -1.98. The molecule has 3 rings (SSSR count). The fourth-order valence-electron chi connectivity index (χ4n) is 2.31. The molecule has 0 fully saturated rings. The molecule has 0 aliphatic rings. The summed E-state index contributed by atoms with van der Waals surface area (Å²) >= 11 is 11.7. The number of hydrogen-bond acceptors (Lipinski definition) is 2. The van der Waals surface area contributed by atoms with Gasteiger partial charge in [0.15, 0.2) is 4.77 Å². The highest BCUT2D eigenvalue weighted by atomic mass is 35.5. The molecule has 0 aliphatic carbocycles. The molecule has 1 N–H and O–H groups in total. The van der Waals surface area contributed by atoms with Crippen LogP contribution in [0.25, 0.3) is 16.7 Å². The highest BCUT2D eigenvalue weighted by Gasteiger charge is 2.12. The number of fused-ring (bicyclic) bond motifs is 1. The monoisotopic (exact) mass is 304 g/mol. The second-order valence-corrected chi connectivity index (χ2v) is 5.37. The number of halogens is 1. The van der Waals surface area contributed by atoms with Gasteiger partial charge in [0.25, 0.3) is 0 Å². The molecule has 1 aromatic heterocycles. The van der Waals surface area contributed by atoms with E-state index in [2.05, 4.69) is 4.98 Å². The summed E-state index contributed by atoms with van der Waals surface area (Å²) in [5.74, 6) is 0.771. The van der Waals surface area contributed by atoms with Crippen molar-refractivity contribution in [2.45, 2.75) is 6.92 Å². The minimum atomic E-state index is 0.594. The van der Waals surface area contributed by atoms with Gasteiger partial charge in [-0.2, -0.15) is 0 Å². The minimum Gasteiger partial charge on any atom is -0.495 e. The molecule has 0 bridgehead atoms. The minimum absolute atomic E-state index is 0.594. The number of imidazole rings is 1. The van der Waals surface area contributed by atoms with Gasteiger partial charge < -0.3 is 9.72 Å². The van der Waals surface area contributed by atoms with Crippen LogP contribution in [-0.4, -0.2) is 16.7 Å². The maximum atomic E-state index is 6.21. The van der Waals surface area contributed by atoms with Crippen LogP contribution >= 0.6 is 23.8 Å². The third kappa shape index (κ3) is 2.01. The average Bonchev–Trinajstić information content (AvgIpc) is 2.76. The molecule has 0 amide bonds. The van der Waals surface area contributed by atoms with E-state index in [4.69, 9.17) is 28.6 Å². The standard InChI is InChI=1S/C15H13ClN2OS/c1-9-6-7-13(19-2)12(8-9)18-11-5-3-4-10(16)14(11)17-15(18)20/h3-8H,1-2H3,(H,17,20). The molecule has 3 aromatic rings. The molecule has 20 heavy (non-hydrogen) atoms. The first kappa shape index (κ1) is 13.2. The van der Waals surface area contributed by atoms with Crippen molar-refractivity contribution in [1.82, 2.24) is 9.55 Å². The summed E-state index contributed by atoms with van der Waals surface area (Å²) in [6.07, 6.45) is 0. The number of benzene rings is 2. The average molecular weight is 305 g/mol. The zero-order chi connectivity index (χ0) is 14.3. The van der Waals surface area contributed by atoms with E-state index in [0.717, 1.165) is 28.0 Å². The Morgan fingerprint density at radius 2 is 2.05 bits per heavy atom. The summed E-state index contributed by atoms with van der Waals surface area (Å²) in [5.41, 5.74) is 3.82. The normalized spacial score (nSPS) is 10.9. The molecule has 2 aromatic carbocycles. The molecular weight excluding hydrogens is 292 g/mol. The van der Waals surface area contributed by atoms with Gasteiger partial charge in [-0.05, 0) is 49.0 Å². The predicted molar refractivity (Wildman–Crippen MR) is 84.8 cm³/mol. The third-order valence-electron chi connectivity index (χ3n) is 3.24. The first-order valence-corrected chi connectivity index (χ1v) is 6.94. The largest absolute Gasteiger partial charge is 0.495 e. The van der Waals surface area contributed by atoms with Crippen LogP contribution in [0.5, 0.6) is 5.75 Å². The Morgan fingerprint density at radius 3 is 2.80 bits per heavy atom. The highest BCUT2D eigenvalue weighted by Crippen LogP contribution is 2.30. The summed E-state index contributed by atoms with van der Waals surface area (Å²) in [6, 6.07) is 11.7. The predicted octanol–water partition coefficient (Wildman–Crippen LogP) is 4.66. The Balaban J connectivity index is 2.41. The highest BCUT2D eigenvalue weighted by molar-refractivity contribution is 7.71. The molecule has 0 spiro atoms. The van der Waals surface area contributed by atoms with Crippen LogP contribution < -0.4 is 4.74 Å². The number of H-pyrrole nitrogens is 1. The number of nitrogens with one attached hydrogen (secondary N) is 1. The number of nitrogens with zero attached hydrogens (tertiary/aromatic N) is 1. The van der Waals surface area contributed by atoms with Crippen molar-refractivity contribution in [2.24, 2.45) is 0 Å². The van der Waals surface area contributed by atoms with E-state index in [0.29, 0.717) is 9.79 Å². The van der Waals surface area contributed by atoms with Gasteiger partial charge in [-0.1, -0.05) is 23.7 Å². The molecule has 0 saturated carbocycles. The van der Waals surface area contributed by atoms with E-state index in [9.17, 15) is 0 Å². The second-order valence-electron chi connectivity index (χ2n) is 4.57. The molecule has 0 atom stereocenters. The quantitative estimate of drug-likeness (QED) is 0.698. The lowest BCUT2D eigenvalue weighted by Gasteiger charge is -2.11. The van der Waals surface area contributed by atoms with Gasteiger partial charge in [0.2, 0.25) is 0 Å². The van der Waals surface area contributed by atoms with Crippen molar-refractivity contribution in [3.63, 3.8) is 0 Å². The van der Waals surface area contributed by atoms with Crippen molar-refractivity contribution >= 4 is 34.9 Å². The summed E-state index contributed by atoms with van der Waals surface area (Å²) in [5, 5.41) is 0.652. The van der Waals surface area contributed by atoms with Gasteiger partial charge in [0.05, 0.1) is 28.9 Å². The van der Waals surface area contributed by atoms with E-state index >= 15 is 0 Å². The number of para-hydroxylation sites is 1. The number of ether oxygens (including phenoxy) is 1. The Labute approximate surface area is 126 Å². The van der Waals surface area contributed by atoms with Crippen LogP contribution in [0.4, 0.5) is 0 Å². The van der Waals surface area contributed by atoms with Gasteiger partial charge in [0, 0.05) is 0 Å². The summed E-state index contributed by atoms with van der Waals surface area (Å²) in [7, 11) is 1.65. The van der Waals surface area contributed by atoms with Crippen molar-refractivity contribution < 1.29 is 4.74 Å². The first-order chi connectivity index (χ1) is 9.61. The Kier molecular flexibility index (Phi) is 3.28. The van der Waals surface area contributed by atoms with Gasteiger partial charge in [-0.3, -0.25) is 4.57 Å². The second kappa shape index (κ2) is 4.96. The van der Waals surface area contributed by atoms with Crippen LogP contribution in [0.1, 0.15) is 5.56 Å².